The standard InChI is InChI=1S/C25H27ClN4O5/c1-32-24-17(26)3-2-4-19(24)30-23-21-18(6-9-28-25(21)31)29-22(23)16-5-8-27-13-20(16)35-10-7-15-14-33-11-12-34-15/h2-5,8,13,15,29-30H,6-7,9-12,14H2,1H3,(H,28,31)/t15-/m0/s1. The molecule has 35 heavy (non-hydrogen) atoms. The minimum Gasteiger partial charge on any atom is -0.493 e. The van der Waals surface area contributed by atoms with Gasteiger partial charge >= 0.3 is 0 Å². The second-order valence-corrected chi connectivity index (χ2v) is 8.66. The van der Waals surface area contributed by atoms with Crippen molar-refractivity contribution in [1.29, 1.82) is 0 Å². The van der Waals surface area contributed by atoms with Gasteiger partial charge in [0.05, 0.1) is 73.5 Å². The van der Waals surface area contributed by atoms with E-state index in [1.165, 1.54) is 0 Å². The van der Waals surface area contributed by atoms with Gasteiger partial charge in [-0.1, -0.05) is 17.7 Å². The molecule has 0 unspecified atom stereocenters. The second kappa shape index (κ2) is 10.6. The van der Waals surface area contributed by atoms with Crippen LogP contribution in [0.15, 0.2) is 36.7 Å². The maximum atomic E-state index is 12.9. The number of carbonyl (C=O) groups is 1. The number of carbonyl (C=O) groups excluding carboxylic acids is 1. The number of hydrogen-bond donors (Lipinski definition) is 3. The molecule has 9 nitrogen and oxygen atoms in total. The van der Waals surface area contributed by atoms with Crippen LogP contribution >= 0.6 is 11.6 Å². The molecule has 0 aliphatic carbocycles. The summed E-state index contributed by atoms with van der Waals surface area (Å²) in [6, 6.07) is 7.29. The van der Waals surface area contributed by atoms with Crippen LogP contribution in [0.2, 0.25) is 5.02 Å². The van der Waals surface area contributed by atoms with E-state index in [9.17, 15) is 4.79 Å². The zero-order valence-corrected chi connectivity index (χ0v) is 20.1. The predicted octanol–water partition coefficient (Wildman–Crippen LogP) is 3.95. The van der Waals surface area contributed by atoms with E-state index in [1.54, 1.807) is 25.6 Å². The van der Waals surface area contributed by atoms with Crippen molar-refractivity contribution in [3.05, 3.63) is 52.9 Å². The lowest BCUT2D eigenvalue weighted by Crippen LogP contribution is -2.31. The Bertz CT molecular complexity index is 1210. The van der Waals surface area contributed by atoms with Gasteiger partial charge in [0.1, 0.15) is 5.75 Å². The summed E-state index contributed by atoms with van der Waals surface area (Å²) in [6.45, 7) is 2.80. The van der Waals surface area contributed by atoms with E-state index < -0.39 is 0 Å². The molecule has 10 heteroatoms. The van der Waals surface area contributed by atoms with Crippen LogP contribution in [0.25, 0.3) is 11.3 Å². The quantitative estimate of drug-likeness (QED) is 0.431. The number of hydrogen-bond acceptors (Lipinski definition) is 7. The number of amides is 1. The first kappa shape index (κ1) is 23.5. The molecule has 1 saturated heterocycles. The molecule has 0 saturated carbocycles. The molecule has 5 rings (SSSR count). The van der Waals surface area contributed by atoms with Crippen molar-refractivity contribution in [2.75, 3.05) is 45.4 Å². The molecule has 0 radical (unpaired) electrons. The molecule has 1 aromatic carbocycles. The highest BCUT2D eigenvalue weighted by molar-refractivity contribution is 6.32. The Hall–Kier alpha value is -3.27. The van der Waals surface area contributed by atoms with Crippen LogP contribution in [0.3, 0.4) is 0 Å². The highest BCUT2D eigenvalue weighted by atomic mass is 35.5. The molecule has 3 aromatic rings. The Morgan fingerprint density at radius 2 is 2.20 bits per heavy atom. The Labute approximate surface area is 208 Å². The number of nitrogens with zero attached hydrogens (tertiary/aromatic N) is 1. The number of methoxy groups -OCH3 is 1. The number of fused-ring (bicyclic) bond motifs is 1. The van der Waals surface area contributed by atoms with E-state index in [2.05, 4.69) is 20.6 Å². The molecule has 184 valence electrons. The third kappa shape index (κ3) is 4.93. The maximum absolute atomic E-state index is 12.9. The summed E-state index contributed by atoms with van der Waals surface area (Å²) in [4.78, 5) is 20.6. The van der Waals surface area contributed by atoms with E-state index in [1.807, 2.05) is 18.2 Å². The number of H-pyrrole nitrogens is 1. The number of anilines is 2. The number of pyridine rings is 1. The van der Waals surface area contributed by atoms with Gasteiger partial charge in [-0.15, -0.1) is 0 Å². The monoisotopic (exact) mass is 498 g/mol. The molecule has 4 heterocycles. The molecule has 2 aliphatic heterocycles. The lowest BCUT2D eigenvalue weighted by molar-refractivity contribution is -0.0935. The number of benzene rings is 1. The predicted molar refractivity (Wildman–Crippen MR) is 132 cm³/mol. The van der Waals surface area contributed by atoms with Crippen molar-refractivity contribution in [3.63, 3.8) is 0 Å². The molecule has 2 aliphatic rings. The molecular formula is C25H27ClN4O5. The summed E-state index contributed by atoms with van der Waals surface area (Å²) in [5, 5.41) is 6.79. The van der Waals surface area contributed by atoms with Gasteiger partial charge in [0.2, 0.25) is 0 Å². The molecule has 3 N–H and O–H groups in total. The number of rotatable bonds is 8. The van der Waals surface area contributed by atoms with Crippen molar-refractivity contribution in [2.45, 2.75) is 18.9 Å². The Balaban J connectivity index is 1.50. The van der Waals surface area contributed by atoms with Crippen LogP contribution < -0.4 is 20.1 Å². The topological polar surface area (TPSA) is 107 Å². The third-order valence-corrected chi connectivity index (χ3v) is 6.33. The summed E-state index contributed by atoms with van der Waals surface area (Å²) in [5.74, 6) is 0.944. The number of ether oxygens (including phenoxy) is 4. The van der Waals surface area contributed by atoms with E-state index in [0.29, 0.717) is 79.3 Å². The van der Waals surface area contributed by atoms with Crippen LogP contribution in [0.4, 0.5) is 11.4 Å². The Kier molecular flexibility index (Phi) is 7.08. The molecular weight excluding hydrogens is 472 g/mol. The van der Waals surface area contributed by atoms with Crippen LogP contribution in [-0.2, 0) is 15.9 Å². The Morgan fingerprint density at radius 3 is 3.03 bits per heavy atom. The number of aromatic amines is 1. The summed E-state index contributed by atoms with van der Waals surface area (Å²) in [5.41, 5.74) is 4.19. The number of nitrogens with one attached hydrogen (secondary N) is 3. The van der Waals surface area contributed by atoms with Crippen LogP contribution in [-0.4, -0.2) is 62.1 Å². The fourth-order valence-corrected chi connectivity index (χ4v) is 4.61. The number of aromatic nitrogens is 2. The molecule has 1 fully saturated rings. The third-order valence-electron chi connectivity index (χ3n) is 6.03. The summed E-state index contributed by atoms with van der Waals surface area (Å²) >= 11 is 6.35. The minimum absolute atomic E-state index is 0.0119. The minimum atomic E-state index is -0.150. The van der Waals surface area contributed by atoms with Gasteiger partial charge in [-0.2, -0.15) is 0 Å². The normalized spacial score (nSPS) is 17.4. The molecule has 0 spiro atoms. The number of para-hydroxylation sites is 1. The summed E-state index contributed by atoms with van der Waals surface area (Å²) in [7, 11) is 1.56. The van der Waals surface area contributed by atoms with Gasteiger partial charge in [0.25, 0.3) is 5.91 Å². The van der Waals surface area contributed by atoms with Crippen molar-refractivity contribution in [3.8, 4) is 22.8 Å². The average Bonchev–Trinajstić information content (AvgIpc) is 3.24. The largest absolute Gasteiger partial charge is 0.493 e. The van der Waals surface area contributed by atoms with E-state index in [4.69, 9.17) is 30.5 Å². The smallest absolute Gasteiger partial charge is 0.255 e. The van der Waals surface area contributed by atoms with Gasteiger partial charge in [-0.3, -0.25) is 9.78 Å². The summed E-state index contributed by atoms with van der Waals surface area (Å²) < 4.78 is 22.8. The summed E-state index contributed by atoms with van der Waals surface area (Å²) in [6.07, 6.45) is 4.77. The Morgan fingerprint density at radius 1 is 1.29 bits per heavy atom. The van der Waals surface area contributed by atoms with Crippen molar-refractivity contribution < 1.29 is 23.7 Å². The fraction of sp³-hybridized carbons (Fsp3) is 0.360. The van der Waals surface area contributed by atoms with Crippen LogP contribution in [0.1, 0.15) is 22.5 Å². The van der Waals surface area contributed by atoms with Gasteiger partial charge < -0.3 is 34.6 Å². The van der Waals surface area contributed by atoms with Gasteiger partial charge in [-0.25, -0.2) is 0 Å². The molecule has 1 atom stereocenters. The highest BCUT2D eigenvalue weighted by Gasteiger charge is 2.29. The SMILES string of the molecule is COc1c(Cl)cccc1Nc1c(-c2ccncc2OCC[C@H]2COCCO2)[nH]c2c1C(=O)NCC2. The van der Waals surface area contributed by atoms with E-state index >= 15 is 0 Å². The highest BCUT2D eigenvalue weighted by Crippen LogP contribution is 2.42. The lowest BCUT2D eigenvalue weighted by Gasteiger charge is -2.23. The van der Waals surface area contributed by atoms with Crippen molar-refractivity contribution in [1.82, 2.24) is 15.3 Å². The van der Waals surface area contributed by atoms with Gasteiger partial charge in [0, 0.05) is 36.8 Å². The molecule has 2 aromatic heterocycles. The lowest BCUT2D eigenvalue weighted by atomic mass is 10.0. The molecule has 0 bridgehead atoms. The van der Waals surface area contributed by atoms with E-state index in [0.717, 1.165) is 17.0 Å². The van der Waals surface area contributed by atoms with Gasteiger partial charge in [0.15, 0.2) is 5.75 Å². The van der Waals surface area contributed by atoms with Gasteiger partial charge in [-0.05, 0) is 18.2 Å². The zero-order chi connectivity index (χ0) is 24.2. The average molecular weight is 499 g/mol. The maximum Gasteiger partial charge on any atom is 0.255 e. The van der Waals surface area contributed by atoms with Crippen LogP contribution in [0.5, 0.6) is 11.5 Å². The first-order valence-corrected chi connectivity index (χ1v) is 11.9. The van der Waals surface area contributed by atoms with Crippen molar-refractivity contribution in [2.24, 2.45) is 0 Å². The fourth-order valence-electron chi connectivity index (χ4n) is 4.36. The van der Waals surface area contributed by atoms with Crippen molar-refractivity contribution >= 4 is 28.9 Å². The first-order chi connectivity index (χ1) is 17.2. The molecule has 1 amide bonds. The zero-order valence-electron chi connectivity index (χ0n) is 19.4. The number of halogens is 1. The van der Waals surface area contributed by atoms with Crippen LogP contribution in [0, 0.1) is 0 Å². The first-order valence-electron chi connectivity index (χ1n) is 11.5. The van der Waals surface area contributed by atoms with E-state index in [-0.39, 0.29) is 12.0 Å². The second-order valence-electron chi connectivity index (χ2n) is 8.26.